The molecule has 8 heteroatoms. The third kappa shape index (κ3) is 5.64. The molecule has 1 aliphatic heterocycles. The fraction of sp³-hybridized carbons (Fsp3) is 0.200. The summed E-state index contributed by atoms with van der Waals surface area (Å²) >= 11 is 0. The molecular formula is C30H30N4O4. The van der Waals surface area contributed by atoms with Crippen molar-refractivity contribution in [3.8, 4) is 5.75 Å². The van der Waals surface area contributed by atoms with Gasteiger partial charge in [-0.3, -0.25) is 9.59 Å². The van der Waals surface area contributed by atoms with Gasteiger partial charge in [0.25, 0.3) is 11.8 Å². The van der Waals surface area contributed by atoms with Crippen LogP contribution >= 0.6 is 0 Å². The maximum absolute atomic E-state index is 13.4. The molecule has 3 aromatic carbocycles. The zero-order valence-electron chi connectivity index (χ0n) is 21.2. The van der Waals surface area contributed by atoms with E-state index in [-0.39, 0.29) is 17.6 Å². The number of piperazine rings is 1. The van der Waals surface area contributed by atoms with E-state index < -0.39 is 0 Å². The number of para-hydroxylation sites is 2. The molecule has 1 aromatic heterocycles. The van der Waals surface area contributed by atoms with E-state index in [9.17, 15) is 9.59 Å². The van der Waals surface area contributed by atoms with Gasteiger partial charge in [-0.25, -0.2) is 0 Å². The van der Waals surface area contributed by atoms with Crippen molar-refractivity contribution in [3.63, 3.8) is 0 Å². The summed E-state index contributed by atoms with van der Waals surface area (Å²) in [6, 6.07) is 26.5. The Hall–Kier alpha value is -4.72. The van der Waals surface area contributed by atoms with Crippen molar-refractivity contribution in [1.29, 1.82) is 0 Å². The smallest absolute Gasteiger partial charge is 0.291 e. The van der Waals surface area contributed by atoms with Gasteiger partial charge in [0.15, 0.2) is 5.76 Å². The molecule has 0 atom stereocenters. The number of rotatable bonds is 8. The van der Waals surface area contributed by atoms with Crippen LogP contribution in [-0.2, 0) is 6.54 Å². The van der Waals surface area contributed by atoms with Gasteiger partial charge >= 0.3 is 0 Å². The predicted octanol–water partition coefficient (Wildman–Crippen LogP) is 4.80. The number of hydrogen-bond donors (Lipinski definition) is 2. The minimum absolute atomic E-state index is 0.204. The van der Waals surface area contributed by atoms with Crippen LogP contribution in [0.25, 0.3) is 0 Å². The first-order valence-corrected chi connectivity index (χ1v) is 12.6. The van der Waals surface area contributed by atoms with Crippen LogP contribution in [0.3, 0.4) is 0 Å². The van der Waals surface area contributed by atoms with E-state index in [0.717, 1.165) is 48.9 Å². The Labute approximate surface area is 221 Å². The summed E-state index contributed by atoms with van der Waals surface area (Å²) in [5.74, 6) is 0.476. The summed E-state index contributed by atoms with van der Waals surface area (Å²) in [7, 11) is 1.68. The van der Waals surface area contributed by atoms with Crippen molar-refractivity contribution in [1.82, 2.24) is 5.32 Å². The first-order chi connectivity index (χ1) is 18.6. The SMILES string of the molecule is COc1ccccc1N1CCN(c2ccc(NC(=O)c3ccco3)cc2C(=O)NCc2ccccc2)CC1. The van der Waals surface area contributed by atoms with E-state index in [2.05, 4.69) is 26.5 Å². The highest BCUT2D eigenvalue weighted by molar-refractivity contribution is 6.05. The normalized spacial score (nSPS) is 13.2. The van der Waals surface area contributed by atoms with Crippen molar-refractivity contribution < 1.29 is 18.7 Å². The third-order valence-electron chi connectivity index (χ3n) is 6.59. The van der Waals surface area contributed by atoms with Gasteiger partial charge in [-0.2, -0.15) is 0 Å². The maximum Gasteiger partial charge on any atom is 0.291 e. The maximum atomic E-state index is 13.4. The molecular weight excluding hydrogens is 480 g/mol. The van der Waals surface area contributed by atoms with E-state index in [0.29, 0.717) is 17.8 Å². The van der Waals surface area contributed by atoms with Crippen molar-refractivity contribution in [2.24, 2.45) is 0 Å². The second-order valence-corrected chi connectivity index (χ2v) is 8.98. The lowest BCUT2D eigenvalue weighted by atomic mass is 10.1. The monoisotopic (exact) mass is 510 g/mol. The van der Waals surface area contributed by atoms with Gasteiger partial charge in [0.05, 0.1) is 24.6 Å². The number of ether oxygens (including phenoxy) is 1. The standard InChI is InChI=1S/C30H30N4O4/c1-37-27-11-6-5-10-26(27)34-17-15-33(16-18-34)25-14-13-23(32-30(36)28-12-7-19-38-28)20-24(25)29(35)31-21-22-8-3-2-4-9-22/h2-14,19-20H,15-18,21H2,1H3,(H,31,35)(H,32,36). The van der Waals surface area contributed by atoms with Crippen LogP contribution in [0.1, 0.15) is 26.5 Å². The molecule has 38 heavy (non-hydrogen) atoms. The second-order valence-electron chi connectivity index (χ2n) is 8.98. The fourth-order valence-corrected chi connectivity index (χ4v) is 4.62. The molecule has 4 aromatic rings. The zero-order valence-corrected chi connectivity index (χ0v) is 21.2. The van der Waals surface area contributed by atoms with E-state index in [4.69, 9.17) is 9.15 Å². The lowest BCUT2D eigenvalue weighted by Gasteiger charge is -2.38. The molecule has 8 nitrogen and oxygen atoms in total. The van der Waals surface area contributed by atoms with Gasteiger partial charge < -0.3 is 29.6 Å². The summed E-state index contributed by atoms with van der Waals surface area (Å²) < 4.78 is 10.7. The van der Waals surface area contributed by atoms with E-state index in [1.807, 2.05) is 60.7 Å². The van der Waals surface area contributed by atoms with Crippen LogP contribution in [0, 0.1) is 0 Å². The van der Waals surface area contributed by atoms with Crippen molar-refractivity contribution >= 4 is 28.9 Å². The van der Waals surface area contributed by atoms with Gasteiger partial charge in [-0.15, -0.1) is 0 Å². The minimum Gasteiger partial charge on any atom is -0.495 e. The molecule has 0 bridgehead atoms. The summed E-state index contributed by atoms with van der Waals surface area (Å²) in [5, 5.41) is 5.86. The van der Waals surface area contributed by atoms with Crippen molar-refractivity contribution in [2.45, 2.75) is 6.54 Å². The Morgan fingerprint density at radius 3 is 2.24 bits per heavy atom. The van der Waals surface area contributed by atoms with E-state index >= 15 is 0 Å². The second kappa shape index (κ2) is 11.6. The molecule has 5 rings (SSSR count). The van der Waals surface area contributed by atoms with Crippen LogP contribution in [0.2, 0.25) is 0 Å². The average Bonchev–Trinajstić information content (AvgIpc) is 3.52. The number of furan rings is 1. The highest BCUT2D eigenvalue weighted by Crippen LogP contribution is 2.31. The summed E-state index contributed by atoms with van der Waals surface area (Å²) in [4.78, 5) is 30.5. The molecule has 0 unspecified atom stereocenters. The first-order valence-electron chi connectivity index (χ1n) is 12.6. The number of nitrogens with zero attached hydrogens (tertiary/aromatic N) is 2. The molecule has 2 amide bonds. The highest BCUT2D eigenvalue weighted by atomic mass is 16.5. The molecule has 2 N–H and O–H groups in total. The van der Waals surface area contributed by atoms with Gasteiger partial charge in [0.2, 0.25) is 0 Å². The van der Waals surface area contributed by atoms with Crippen LogP contribution in [0.4, 0.5) is 17.1 Å². The number of carbonyl (C=O) groups is 2. The third-order valence-corrected chi connectivity index (χ3v) is 6.59. The van der Waals surface area contributed by atoms with Crippen LogP contribution in [0.5, 0.6) is 5.75 Å². The highest BCUT2D eigenvalue weighted by Gasteiger charge is 2.24. The Morgan fingerprint density at radius 2 is 1.53 bits per heavy atom. The number of nitrogens with one attached hydrogen (secondary N) is 2. The van der Waals surface area contributed by atoms with Crippen molar-refractivity contribution in [2.75, 3.05) is 48.4 Å². The number of amides is 2. The number of carbonyl (C=O) groups excluding carboxylic acids is 2. The molecule has 0 aliphatic carbocycles. The number of anilines is 3. The van der Waals surface area contributed by atoms with Gasteiger partial charge in [-0.1, -0.05) is 42.5 Å². The minimum atomic E-state index is -0.371. The molecule has 0 saturated carbocycles. The molecule has 1 fully saturated rings. The molecule has 0 radical (unpaired) electrons. The Balaban J connectivity index is 1.36. The topological polar surface area (TPSA) is 87.1 Å². The molecule has 194 valence electrons. The summed E-state index contributed by atoms with van der Waals surface area (Å²) in [6.07, 6.45) is 1.45. The van der Waals surface area contributed by atoms with Gasteiger partial charge in [0, 0.05) is 44.1 Å². The molecule has 1 aliphatic rings. The van der Waals surface area contributed by atoms with Crippen molar-refractivity contribution in [3.05, 3.63) is 108 Å². The van der Waals surface area contributed by atoms with Gasteiger partial charge in [0.1, 0.15) is 5.75 Å². The zero-order chi connectivity index (χ0) is 26.3. The quantitative estimate of drug-likeness (QED) is 0.354. The lowest BCUT2D eigenvalue weighted by Crippen LogP contribution is -2.47. The molecule has 0 spiro atoms. The average molecular weight is 511 g/mol. The number of hydrogen-bond acceptors (Lipinski definition) is 6. The number of methoxy groups -OCH3 is 1. The van der Waals surface area contributed by atoms with E-state index in [1.165, 1.54) is 6.26 Å². The Morgan fingerprint density at radius 1 is 0.816 bits per heavy atom. The van der Waals surface area contributed by atoms with Crippen LogP contribution in [-0.4, -0.2) is 45.1 Å². The van der Waals surface area contributed by atoms with E-state index in [1.54, 1.807) is 25.3 Å². The Kier molecular flexibility index (Phi) is 7.59. The van der Waals surface area contributed by atoms with Crippen LogP contribution in [0.15, 0.2) is 95.6 Å². The largest absolute Gasteiger partial charge is 0.495 e. The number of benzene rings is 3. The predicted molar refractivity (Wildman–Crippen MR) is 148 cm³/mol. The fourth-order valence-electron chi connectivity index (χ4n) is 4.62. The van der Waals surface area contributed by atoms with Gasteiger partial charge in [-0.05, 0) is 48.0 Å². The summed E-state index contributed by atoms with van der Waals surface area (Å²) in [6.45, 7) is 3.43. The Bertz CT molecular complexity index is 1380. The molecule has 2 heterocycles. The summed E-state index contributed by atoms with van der Waals surface area (Å²) in [5.41, 5.74) is 3.92. The lowest BCUT2D eigenvalue weighted by molar-refractivity contribution is 0.0949. The first kappa shape index (κ1) is 25.0. The molecule has 1 saturated heterocycles. The van der Waals surface area contributed by atoms with Crippen LogP contribution < -0.4 is 25.2 Å².